The molecule has 4 N–H and O–H groups in total. The van der Waals surface area contributed by atoms with E-state index in [1.54, 1.807) is 0 Å². The fourth-order valence-electron chi connectivity index (χ4n) is 5.16. The van der Waals surface area contributed by atoms with E-state index in [4.69, 9.17) is 24.8 Å². The van der Waals surface area contributed by atoms with Gasteiger partial charge in [0.15, 0.2) is 0 Å². The van der Waals surface area contributed by atoms with E-state index >= 15 is 0 Å². The Bertz CT molecular complexity index is 883. The number of rotatable bonds is 37. The van der Waals surface area contributed by atoms with Crippen molar-refractivity contribution in [1.29, 1.82) is 0 Å². The third-order valence-corrected chi connectivity index (χ3v) is 9.18. The summed E-state index contributed by atoms with van der Waals surface area (Å²) in [5.74, 6) is -1.78. The second kappa shape index (κ2) is 34.9. The summed E-state index contributed by atoms with van der Waals surface area (Å²) in [6, 6.07) is -1.47. The van der Waals surface area contributed by atoms with Gasteiger partial charge >= 0.3 is 19.8 Å². The second-order valence-corrected chi connectivity index (χ2v) is 14.5. The molecule has 10 nitrogen and oxygen atoms in total. The molecule has 3 atom stereocenters. The molecule has 0 rings (SSSR count). The van der Waals surface area contributed by atoms with E-state index in [0.29, 0.717) is 13.0 Å². The summed E-state index contributed by atoms with van der Waals surface area (Å²) in [5.41, 5.74) is 5.33. The standard InChI is InChI=1S/C38H72NO9P/c1-3-5-7-9-11-13-15-16-17-18-19-20-21-22-24-26-28-30-37(40)48-35(33-46-49(43,44)47-34-36(39)38(41)42)32-45-31-29-27-25-23-14-12-10-8-6-4-2/h11,13,16-17,35-36H,3-10,12,14-15,18-34,39H2,1-2H3,(H,41,42)(H,43,44)/b13-11-,17-16-. The summed E-state index contributed by atoms with van der Waals surface area (Å²) >= 11 is 0. The van der Waals surface area contributed by atoms with Crippen molar-refractivity contribution in [2.75, 3.05) is 26.4 Å². The fraction of sp³-hybridized carbons (Fsp3) is 0.842. The maximum Gasteiger partial charge on any atom is 0.472 e. The zero-order chi connectivity index (χ0) is 36.3. The zero-order valence-electron chi connectivity index (χ0n) is 31.0. The number of hydrogen-bond donors (Lipinski definition) is 3. The number of carbonyl (C=O) groups is 2. The number of unbranched alkanes of at least 4 members (excludes halogenated alkanes) is 19. The highest BCUT2D eigenvalue weighted by molar-refractivity contribution is 7.47. The van der Waals surface area contributed by atoms with Crippen LogP contribution in [0.1, 0.15) is 168 Å². The second-order valence-electron chi connectivity index (χ2n) is 13.1. The molecule has 0 radical (unpaired) electrons. The Morgan fingerprint density at radius 2 is 1.12 bits per heavy atom. The number of carboxylic acids is 1. The Hall–Kier alpha value is -1.55. The number of phosphoric ester groups is 1. The molecule has 0 saturated carbocycles. The highest BCUT2D eigenvalue weighted by Gasteiger charge is 2.27. The first-order valence-electron chi connectivity index (χ1n) is 19.4. The minimum absolute atomic E-state index is 0.0166. The quantitative estimate of drug-likeness (QED) is 0.0245. The van der Waals surface area contributed by atoms with E-state index in [-0.39, 0.29) is 13.0 Å². The Labute approximate surface area is 298 Å². The van der Waals surface area contributed by atoms with E-state index in [1.165, 1.54) is 89.9 Å². The summed E-state index contributed by atoms with van der Waals surface area (Å²) in [7, 11) is -4.61. The van der Waals surface area contributed by atoms with Gasteiger partial charge in [-0.2, -0.15) is 0 Å². The Morgan fingerprint density at radius 3 is 1.69 bits per heavy atom. The van der Waals surface area contributed by atoms with Crippen LogP contribution in [-0.4, -0.2) is 60.5 Å². The summed E-state index contributed by atoms with van der Waals surface area (Å²) in [5, 5.41) is 8.86. The van der Waals surface area contributed by atoms with E-state index in [1.807, 2.05) is 0 Å². The van der Waals surface area contributed by atoms with Crippen LogP contribution in [-0.2, 0) is 32.7 Å². The van der Waals surface area contributed by atoms with Crippen molar-refractivity contribution in [2.24, 2.45) is 5.73 Å². The van der Waals surface area contributed by atoms with Gasteiger partial charge in [-0.05, 0) is 44.9 Å². The number of hydrogen-bond acceptors (Lipinski definition) is 8. The van der Waals surface area contributed by atoms with Crippen molar-refractivity contribution in [1.82, 2.24) is 0 Å². The predicted octanol–water partition coefficient (Wildman–Crippen LogP) is 9.97. The van der Waals surface area contributed by atoms with Crippen LogP contribution in [0.2, 0.25) is 0 Å². The smallest absolute Gasteiger partial charge is 0.472 e. The van der Waals surface area contributed by atoms with Crippen molar-refractivity contribution in [3.63, 3.8) is 0 Å². The highest BCUT2D eigenvalue weighted by Crippen LogP contribution is 2.43. The topological polar surface area (TPSA) is 155 Å². The van der Waals surface area contributed by atoms with Crippen LogP contribution in [0.5, 0.6) is 0 Å². The van der Waals surface area contributed by atoms with Crippen molar-refractivity contribution in [2.45, 2.75) is 180 Å². The fourth-order valence-corrected chi connectivity index (χ4v) is 5.94. The van der Waals surface area contributed by atoms with Gasteiger partial charge in [0.1, 0.15) is 12.1 Å². The molecule has 0 amide bonds. The molecule has 0 heterocycles. The first kappa shape index (κ1) is 47.4. The van der Waals surface area contributed by atoms with Crippen molar-refractivity contribution < 1.29 is 42.7 Å². The molecule has 0 aromatic heterocycles. The summed E-state index contributed by atoms with van der Waals surface area (Å²) in [6.07, 6.45) is 35.1. The van der Waals surface area contributed by atoms with Crippen LogP contribution in [0.25, 0.3) is 0 Å². The molecule has 0 aliphatic carbocycles. The van der Waals surface area contributed by atoms with Gasteiger partial charge in [0.2, 0.25) is 0 Å². The summed E-state index contributed by atoms with van der Waals surface area (Å²) in [6.45, 7) is 3.83. The minimum Gasteiger partial charge on any atom is -0.480 e. The predicted molar refractivity (Wildman–Crippen MR) is 198 cm³/mol. The van der Waals surface area contributed by atoms with E-state index in [0.717, 1.165) is 51.4 Å². The normalized spacial score (nSPS) is 14.4. The zero-order valence-corrected chi connectivity index (χ0v) is 31.9. The van der Waals surface area contributed by atoms with E-state index in [9.17, 15) is 19.0 Å². The number of carboxylic acid groups (broad SMARTS) is 1. The van der Waals surface area contributed by atoms with Crippen LogP contribution in [0.4, 0.5) is 0 Å². The molecule has 3 unspecified atom stereocenters. The largest absolute Gasteiger partial charge is 0.480 e. The minimum atomic E-state index is -4.61. The first-order chi connectivity index (χ1) is 23.7. The molecule has 11 heteroatoms. The first-order valence-corrected chi connectivity index (χ1v) is 20.9. The van der Waals surface area contributed by atoms with Crippen molar-refractivity contribution >= 4 is 19.8 Å². The van der Waals surface area contributed by atoms with E-state index in [2.05, 4.69) is 42.7 Å². The van der Waals surface area contributed by atoms with Gasteiger partial charge in [0.05, 0.1) is 19.8 Å². The number of allylic oxidation sites excluding steroid dienone is 4. The van der Waals surface area contributed by atoms with E-state index < -0.39 is 45.1 Å². The average molecular weight is 718 g/mol. The summed E-state index contributed by atoms with van der Waals surface area (Å²) < 4.78 is 33.2. The molecule has 0 bridgehead atoms. The van der Waals surface area contributed by atoms with Gasteiger partial charge in [-0.3, -0.25) is 18.6 Å². The van der Waals surface area contributed by atoms with Gasteiger partial charge in [-0.1, -0.05) is 141 Å². The lowest BCUT2D eigenvalue weighted by Crippen LogP contribution is -2.34. The molecule has 0 aliphatic heterocycles. The molecule has 0 fully saturated rings. The number of nitrogens with two attached hydrogens (primary N) is 1. The maximum absolute atomic E-state index is 12.6. The van der Waals surface area contributed by atoms with Crippen molar-refractivity contribution in [3.05, 3.63) is 24.3 Å². The van der Waals surface area contributed by atoms with Gasteiger partial charge in [0, 0.05) is 13.0 Å². The van der Waals surface area contributed by atoms with Gasteiger partial charge in [-0.15, -0.1) is 0 Å². The summed E-state index contributed by atoms with van der Waals surface area (Å²) in [4.78, 5) is 33.4. The molecular formula is C38H72NO9P. The van der Waals surface area contributed by atoms with Crippen LogP contribution in [0, 0.1) is 0 Å². The van der Waals surface area contributed by atoms with Gasteiger partial charge < -0.3 is 25.2 Å². The lowest BCUT2D eigenvalue weighted by Gasteiger charge is -2.20. The molecule has 0 spiro atoms. The third-order valence-electron chi connectivity index (χ3n) is 8.23. The Balaban J connectivity index is 4.27. The number of esters is 1. The van der Waals surface area contributed by atoms with Gasteiger partial charge in [-0.25, -0.2) is 4.57 Å². The van der Waals surface area contributed by atoms with Crippen LogP contribution >= 0.6 is 7.82 Å². The molecular weight excluding hydrogens is 645 g/mol. The molecule has 0 aromatic carbocycles. The number of ether oxygens (including phenoxy) is 2. The van der Waals surface area contributed by atoms with Crippen LogP contribution in [0.3, 0.4) is 0 Å². The third kappa shape index (κ3) is 34.7. The van der Waals surface area contributed by atoms with Crippen LogP contribution < -0.4 is 5.73 Å². The monoisotopic (exact) mass is 717 g/mol. The van der Waals surface area contributed by atoms with Crippen molar-refractivity contribution in [3.8, 4) is 0 Å². The molecule has 288 valence electrons. The Kier molecular flexibility index (Phi) is 33.8. The molecule has 49 heavy (non-hydrogen) atoms. The molecule has 0 aliphatic rings. The average Bonchev–Trinajstić information content (AvgIpc) is 3.07. The number of phosphoric acid groups is 1. The lowest BCUT2D eigenvalue weighted by atomic mass is 10.1. The molecule has 0 saturated heterocycles. The highest BCUT2D eigenvalue weighted by atomic mass is 31.2. The molecule has 0 aromatic rings. The number of aliphatic carboxylic acids is 1. The van der Waals surface area contributed by atoms with Crippen LogP contribution in [0.15, 0.2) is 24.3 Å². The SMILES string of the molecule is CCCCC/C=C\C/C=C\CCCCCCCCCC(=O)OC(COCCCCCCCCCCCC)COP(=O)(O)OCC(N)C(=O)O. The lowest BCUT2D eigenvalue weighted by molar-refractivity contribution is -0.154. The number of carbonyl (C=O) groups excluding carboxylic acids is 1. The Morgan fingerprint density at radius 1 is 0.653 bits per heavy atom. The maximum atomic E-state index is 12.6. The van der Waals surface area contributed by atoms with Gasteiger partial charge in [0.25, 0.3) is 0 Å².